The van der Waals surface area contributed by atoms with Crippen LogP contribution in [0.1, 0.15) is 24.1 Å². The Bertz CT molecular complexity index is 1900. The van der Waals surface area contributed by atoms with Crippen molar-refractivity contribution in [2.45, 2.75) is 13.0 Å². The summed E-state index contributed by atoms with van der Waals surface area (Å²) in [6.07, 6.45) is 7.10. The van der Waals surface area contributed by atoms with Gasteiger partial charge in [0.15, 0.2) is 16.3 Å². The van der Waals surface area contributed by atoms with Gasteiger partial charge >= 0.3 is 0 Å². The van der Waals surface area contributed by atoms with Crippen molar-refractivity contribution in [1.29, 1.82) is 0 Å². The lowest BCUT2D eigenvalue weighted by molar-refractivity contribution is -0.113. The molecule has 8 nitrogen and oxygen atoms in total. The Balaban J connectivity index is 1.70. The van der Waals surface area contributed by atoms with Crippen LogP contribution in [0.25, 0.3) is 6.08 Å². The van der Waals surface area contributed by atoms with Gasteiger partial charge in [-0.1, -0.05) is 57.5 Å². The maximum Gasteiger partial charge on any atom is 0.271 e. The van der Waals surface area contributed by atoms with Crippen molar-refractivity contribution in [1.82, 2.24) is 4.57 Å². The molecule has 10 heteroatoms. The monoisotopic (exact) mass is 629 g/mol. The van der Waals surface area contributed by atoms with Gasteiger partial charge in [-0.2, -0.15) is 0 Å². The number of fused-ring (bicyclic) bond motifs is 1. The Morgan fingerprint density at radius 1 is 1.20 bits per heavy atom. The number of nitrogens with zero attached hydrogens (tertiary/aromatic N) is 2. The number of allylic oxidation sites excluding steroid dienone is 1. The maximum absolute atomic E-state index is 14.0. The molecule has 1 atom stereocenters. The predicted octanol–water partition coefficient (Wildman–Crippen LogP) is 4.36. The van der Waals surface area contributed by atoms with Crippen LogP contribution in [0.3, 0.4) is 0 Å². The Labute approximate surface area is 248 Å². The van der Waals surface area contributed by atoms with E-state index < -0.39 is 11.9 Å². The molecule has 0 spiro atoms. The van der Waals surface area contributed by atoms with E-state index in [1.54, 1.807) is 43.3 Å². The predicted molar refractivity (Wildman–Crippen MR) is 162 cm³/mol. The number of methoxy groups -OCH3 is 1. The van der Waals surface area contributed by atoms with E-state index in [9.17, 15) is 14.7 Å². The highest BCUT2D eigenvalue weighted by Gasteiger charge is 2.33. The van der Waals surface area contributed by atoms with Gasteiger partial charge in [0.25, 0.3) is 11.5 Å². The van der Waals surface area contributed by atoms with E-state index in [-0.39, 0.29) is 23.7 Å². The van der Waals surface area contributed by atoms with Crippen LogP contribution in [-0.2, 0) is 4.79 Å². The second-order valence-corrected chi connectivity index (χ2v) is 10.9. The standard InChI is InChI=1S/C31H24BrN3O5S/c1-4-14-40-24-13-11-21(32)15-20(24)17-26-30(38)35-28(19-10-12-23(36)25(16-19)39-3)27(18(2)33-31(35)41-26)29(37)34-22-8-6-5-7-9-22/h1,5-13,15-17,28,36H,14H2,2-3H3,(H,34,37)/b26-17-/t28-/m1/s1. The van der Waals surface area contributed by atoms with Crippen molar-refractivity contribution in [3.8, 4) is 29.6 Å². The van der Waals surface area contributed by atoms with E-state index in [0.29, 0.717) is 43.2 Å². The minimum absolute atomic E-state index is 0.0613. The number of nitrogens with one attached hydrogen (secondary N) is 1. The number of phenolic OH excluding ortho intramolecular Hbond substituents is 1. The maximum atomic E-state index is 14.0. The van der Waals surface area contributed by atoms with Crippen LogP contribution in [0, 0.1) is 12.3 Å². The van der Waals surface area contributed by atoms with Crippen LogP contribution < -0.4 is 29.7 Å². The average Bonchev–Trinajstić information content (AvgIpc) is 3.26. The molecule has 1 aliphatic rings. The number of carbonyl (C=O) groups excluding carboxylic acids is 1. The van der Waals surface area contributed by atoms with Crippen LogP contribution in [0.15, 0.2) is 92.3 Å². The first-order chi connectivity index (χ1) is 19.8. The van der Waals surface area contributed by atoms with Gasteiger partial charge in [-0.3, -0.25) is 14.2 Å². The lowest BCUT2D eigenvalue weighted by Crippen LogP contribution is -2.40. The second-order valence-electron chi connectivity index (χ2n) is 9.01. The molecule has 1 amide bonds. The van der Waals surface area contributed by atoms with Gasteiger partial charge in [-0.25, -0.2) is 4.99 Å². The fourth-order valence-electron chi connectivity index (χ4n) is 4.54. The third kappa shape index (κ3) is 5.68. The van der Waals surface area contributed by atoms with Crippen molar-refractivity contribution < 1.29 is 19.4 Å². The fraction of sp³-hybridized carbons (Fsp3) is 0.129. The van der Waals surface area contributed by atoms with Gasteiger partial charge in [-0.15, -0.1) is 6.42 Å². The van der Waals surface area contributed by atoms with Crippen molar-refractivity contribution in [3.63, 3.8) is 0 Å². The Kier molecular flexibility index (Phi) is 8.10. The summed E-state index contributed by atoms with van der Waals surface area (Å²) in [6.45, 7) is 1.81. The summed E-state index contributed by atoms with van der Waals surface area (Å²) in [5, 5.41) is 13.2. The number of carbonyl (C=O) groups is 1. The number of thiazole rings is 1. The first-order valence-corrected chi connectivity index (χ1v) is 14.0. The third-order valence-electron chi connectivity index (χ3n) is 6.39. The number of terminal acetylenes is 1. The van der Waals surface area contributed by atoms with Crippen LogP contribution in [-0.4, -0.2) is 29.3 Å². The number of amides is 1. The Hall–Kier alpha value is -4.59. The number of hydrogen-bond donors (Lipinski definition) is 2. The number of benzene rings is 3. The highest BCUT2D eigenvalue weighted by atomic mass is 79.9. The number of rotatable bonds is 7. The zero-order chi connectivity index (χ0) is 29.1. The van der Waals surface area contributed by atoms with Crippen molar-refractivity contribution in [2.75, 3.05) is 19.0 Å². The van der Waals surface area contributed by atoms with Gasteiger partial charge < -0.3 is 19.9 Å². The number of ether oxygens (including phenoxy) is 2. The summed E-state index contributed by atoms with van der Waals surface area (Å²) in [5.74, 6) is 2.73. The molecule has 0 bridgehead atoms. The van der Waals surface area contributed by atoms with Crippen LogP contribution >= 0.6 is 27.3 Å². The first-order valence-electron chi connectivity index (χ1n) is 12.4. The van der Waals surface area contributed by atoms with E-state index in [2.05, 4.69) is 32.2 Å². The summed E-state index contributed by atoms with van der Waals surface area (Å²) in [6, 6.07) is 18.4. The smallest absolute Gasteiger partial charge is 0.271 e. The summed E-state index contributed by atoms with van der Waals surface area (Å²) >= 11 is 4.67. The quantitative estimate of drug-likeness (QED) is 0.296. The number of halogens is 1. The molecule has 1 aromatic heterocycles. The number of anilines is 1. The van der Waals surface area contributed by atoms with Crippen molar-refractivity contribution in [3.05, 3.63) is 113 Å². The topological polar surface area (TPSA) is 102 Å². The lowest BCUT2D eigenvalue weighted by Gasteiger charge is -2.25. The molecule has 0 unspecified atom stereocenters. The van der Waals surface area contributed by atoms with Gasteiger partial charge in [0, 0.05) is 15.7 Å². The lowest BCUT2D eigenvalue weighted by atomic mass is 9.94. The molecule has 0 radical (unpaired) electrons. The zero-order valence-corrected chi connectivity index (χ0v) is 24.5. The molecule has 0 saturated heterocycles. The van der Waals surface area contributed by atoms with Gasteiger partial charge in [-0.05, 0) is 61.0 Å². The summed E-state index contributed by atoms with van der Waals surface area (Å²) in [5.41, 5.74) is 2.24. The molecule has 0 saturated carbocycles. The molecule has 3 aromatic carbocycles. The summed E-state index contributed by atoms with van der Waals surface area (Å²) in [4.78, 5) is 32.8. The number of hydrogen-bond acceptors (Lipinski definition) is 7. The molecule has 0 fully saturated rings. The highest BCUT2D eigenvalue weighted by Crippen LogP contribution is 2.35. The van der Waals surface area contributed by atoms with Gasteiger partial charge in [0.1, 0.15) is 12.4 Å². The molecule has 0 aliphatic carbocycles. The van der Waals surface area contributed by atoms with E-state index in [1.807, 2.05) is 30.3 Å². The van der Waals surface area contributed by atoms with E-state index in [1.165, 1.54) is 29.1 Å². The molecular formula is C31H24BrN3O5S. The van der Waals surface area contributed by atoms with Crippen LogP contribution in [0.4, 0.5) is 5.69 Å². The SMILES string of the molecule is C#CCOc1ccc(Br)cc1/C=c1\sc2n(c1=O)[C@H](c1ccc(O)c(OC)c1)C(C(=O)Nc1ccccc1)=C(C)N=2. The molecule has 4 aromatic rings. The first kappa shape index (κ1) is 28.0. The van der Waals surface area contributed by atoms with Crippen LogP contribution in [0.2, 0.25) is 0 Å². The van der Waals surface area contributed by atoms with Crippen LogP contribution in [0.5, 0.6) is 17.2 Å². The minimum Gasteiger partial charge on any atom is -0.504 e. The molecule has 2 heterocycles. The van der Waals surface area contributed by atoms with E-state index >= 15 is 0 Å². The molecule has 41 heavy (non-hydrogen) atoms. The number of aromatic nitrogens is 1. The molecule has 206 valence electrons. The number of phenols is 1. The highest BCUT2D eigenvalue weighted by molar-refractivity contribution is 9.10. The normalized spacial score (nSPS) is 14.6. The number of aromatic hydroxyl groups is 1. The zero-order valence-electron chi connectivity index (χ0n) is 22.1. The van der Waals surface area contributed by atoms with Crippen molar-refractivity contribution in [2.24, 2.45) is 4.99 Å². The Morgan fingerprint density at radius 3 is 2.71 bits per heavy atom. The van der Waals surface area contributed by atoms with Gasteiger partial charge in [0.05, 0.1) is 29.0 Å². The number of para-hydroxylation sites is 1. The Morgan fingerprint density at radius 2 is 1.98 bits per heavy atom. The fourth-order valence-corrected chi connectivity index (χ4v) is 5.95. The largest absolute Gasteiger partial charge is 0.504 e. The molecule has 1 aliphatic heterocycles. The third-order valence-corrected chi connectivity index (χ3v) is 7.86. The average molecular weight is 631 g/mol. The molecule has 5 rings (SSSR count). The minimum atomic E-state index is -0.841. The molecule has 2 N–H and O–H groups in total. The van der Waals surface area contributed by atoms with Crippen molar-refractivity contribution >= 4 is 44.9 Å². The second kappa shape index (κ2) is 11.9. The van der Waals surface area contributed by atoms with Gasteiger partial charge in [0.2, 0.25) is 0 Å². The van der Waals surface area contributed by atoms with E-state index in [0.717, 1.165) is 4.47 Å². The summed E-state index contributed by atoms with van der Waals surface area (Å²) < 4.78 is 13.7. The van der Waals surface area contributed by atoms with E-state index in [4.69, 9.17) is 15.9 Å². The summed E-state index contributed by atoms with van der Waals surface area (Å²) in [7, 11) is 1.44. The molecular weight excluding hydrogens is 606 g/mol.